The van der Waals surface area contributed by atoms with Crippen molar-refractivity contribution in [2.24, 2.45) is 0 Å². The highest BCUT2D eigenvalue weighted by molar-refractivity contribution is 5.92. The number of hydrogen-bond acceptors (Lipinski definition) is 4. The fourth-order valence-corrected chi connectivity index (χ4v) is 1.85. The maximum atomic E-state index is 12.3. The topological polar surface area (TPSA) is 48.5 Å². The SMILES string of the molecule is CCCNc1ccnc(C(=O)N(C)CCCN(C)C)c1. The molecule has 20 heavy (non-hydrogen) atoms. The van der Waals surface area contributed by atoms with Gasteiger partial charge in [0, 0.05) is 32.0 Å². The van der Waals surface area contributed by atoms with Crippen LogP contribution in [0.3, 0.4) is 0 Å². The molecule has 0 aliphatic carbocycles. The summed E-state index contributed by atoms with van der Waals surface area (Å²) in [5.41, 5.74) is 1.45. The molecule has 0 aliphatic rings. The molecular weight excluding hydrogens is 252 g/mol. The van der Waals surface area contributed by atoms with E-state index in [9.17, 15) is 4.79 Å². The van der Waals surface area contributed by atoms with Crippen molar-refractivity contribution in [3.8, 4) is 0 Å². The number of pyridine rings is 1. The first kappa shape index (κ1) is 16.4. The zero-order valence-corrected chi connectivity index (χ0v) is 13.0. The van der Waals surface area contributed by atoms with Crippen LogP contribution in [0.1, 0.15) is 30.3 Å². The predicted octanol–water partition coefficient (Wildman–Crippen LogP) is 1.93. The molecule has 1 heterocycles. The zero-order chi connectivity index (χ0) is 15.0. The Balaban J connectivity index is 2.57. The maximum absolute atomic E-state index is 12.3. The second-order valence-corrected chi connectivity index (χ2v) is 5.24. The lowest BCUT2D eigenvalue weighted by Gasteiger charge is -2.18. The van der Waals surface area contributed by atoms with Crippen molar-refractivity contribution in [1.82, 2.24) is 14.8 Å². The third kappa shape index (κ3) is 5.57. The highest BCUT2D eigenvalue weighted by atomic mass is 16.2. The molecule has 1 amide bonds. The van der Waals surface area contributed by atoms with Gasteiger partial charge in [-0.1, -0.05) is 6.92 Å². The van der Waals surface area contributed by atoms with Gasteiger partial charge in [-0.2, -0.15) is 0 Å². The second kappa shape index (κ2) is 8.53. The van der Waals surface area contributed by atoms with Crippen LogP contribution in [0, 0.1) is 0 Å². The van der Waals surface area contributed by atoms with Gasteiger partial charge in [-0.05, 0) is 45.6 Å². The Hall–Kier alpha value is -1.62. The highest BCUT2D eigenvalue weighted by Crippen LogP contribution is 2.10. The summed E-state index contributed by atoms with van der Waals surface area (Å²) in [5, 5.41) is 3.27. The summed E-state index contributed by atoms with van der Waals surface area (Å²) in [6.45, 7) is 4.73. The first-order chi connectivity index (χ1) is 9.54. The van der Waals surface area contributed by atoms with E-state index in [0.717, 1.165) is 38.2 Å². The average Bonchev–Trinajstić information content (AvgIpc) is 2.44. The van der Waals surface area contributed by atoms with Gasteiger partial charge in [0.15, 0.2) is 0 Å². The minimum atomic E-state index is -0.0242. The van der Waals surface area contributed by atoms with Gasteiger partial charge in [0.1, 0.15) is 5.69 Å². The Labute approximate surface area is 122 Å². The normalized spacial score (nSPS) is 10.7. The number of carbonyl (C=O) groups excluding carboxylic acids is 1. The van der Waals surface area contributed by atoms with Crippen molar-refractivity contribution < 1.29 is 4.79 Å². The van der Waals surface area contributed by atoms with E-state index < -0.39 is 0 Å². The molecule has 0 fully saturated rings. The summed E-state index contributed by atoms with van der Waals surface area (Å²) in [5.74, 6) is -0.0242. The quantitative estimate of drug-likeness (QED) is 0.789. The molecule has 0 saturated carbocycles. The van der Waals surface area contributed by atoms with E-state index in [1.807, 2.05) is 33.3 Å². The van der Waals surface area contributed by atoms with E-state index in [-0.39, 0.29) is 5.91 Å². The number of nitrogens with one attached hydrogen (secondary N) is 1. The molecule has 112 valence electrons. The molecule has 0 saturated heterocycles. The smallest absolute Gasteiger partial charge is 0.272 e. The lowest BCUT2D eigenvalue weighted by molar-refractivity contribution is 0.0785. The Bertz CT molecular complexity index is 420. The molecule has 0 bridgehead atoms. The van der Waals surface area contributed by atoms with Gasteiger partial charge < -0.3 is 15.1 Å². The molecule has 5 nitrogen and oxygen atoms in total. The van der Waals surface area contributed by atoms with Gasteiger partial charge in [-0.25, -0.2) is 0 Å². The number of hydrogen-bond donors (Lipinski definition) is 1. The average molecular weight is 278 g/mol. The second-order valence-electron chi connectivity index (χ2n) is 5.24. The molecule has 5 heteroatoms. The van der Waals surface area contributed by atoms with Gasteiger partial charge in [0.25, 0.3) is 5.91 Å². The summed E-state index contributed by atoms with van der Waals surface area (Å²) in [6, 6.07) is 3.71. The molecule has 0 aliphatic heterocycles. The predicted molar refractivity (Wildman–Crippen MR) is 83.1 cm³/mol. The van der Waals surface area contributed by atoms with Crippen LogP contribution in [0.15, 0.2) is 18.3 Å². The summed E-state index contributed by atoms with van der Waals surface area (Å²) >= 11 is 0. The number of carbonyl (C=O) groups is 1. The molecule has 0 spiro atoms. The number of nitrogens with zero attached hydrogens (tertiary/aromatic N) is 3. The van der Waals surface area contributed by atoms with Crippen molar-refractivity contribution in [2.75, 3.05) is 46.1 Å². The monoisotopic (exact) mass is 278 g/mol. The third-order valence-electron chi connectivity index (χ3n) is 3.00. The summed E-state index contributed by atoms with van der Waals surface area (Å²) in [7, 11) is 5.89. The minimum absolute atomic E-state index is 0.0242. The van der Waals surface area contributed by atoms with Crippen LogP contribution in [-0.2, 0) is 0 Å². The highest BCUT2D eigenvalue weighted by Gasteiger charge is 2.13. The Kier molecular flexibility index (Phi) is 7.01. The van der Waals surface area contributed by atoms with Gasteiger partial charge in [-0.3, -0.25) is 9.78 Å². The van der Waals surface area contributed by atoms with E-state index in [0.29, 0.717) is 5.69 Å². The standard InChI is InChI=1S/C15H26N4O/c1-5-8-16-13-7-9-17-14(12-13)15(20)19(4)11-6-10-18(2)3/h7,9,12H,5-6,8,10-11H2,1-4H3,(H,16,17). The Morgan fingerprint density at radius 3 is 2.70 bits per heavy atom. The largest absolute Gasteiger partial charge is 0.385 e. The van der Waals surface area contributed by atoms with Crippen molar-refractivity contribution >= 4 is 11.6 Å². The zero-order valence-electron chi connectivity index (χ0n) is 13.0. The molecular formula is C15H26N4O. The van der Waals surface area contributed by atoms with E-state index >= 15 is 0 Å². The number of amides is 1. The van der Waals surface area contributed by atoms with E-state index in [4.69, 9.17) is 0 Å². The molecule has 1 aromatic heterocycles. The first-order valence-corrected chi connectivity index (χ1v) is 7.14. The van der Waals surface area contributed by atoms with Crippen LogP contribution in [-0.4, -0.2) is 61.5 Å². The van der Waals surface area contributed by atoms with Gasteiger partial charge in [-0.15, -0.1) is 0 Å². The van der Waals surface area contributed by atoms with Gasteiger partial charge in [0.05, 0.1) is 0 Å². The lowest BCUT2D eigenvalue weighted by Crippen LogP contribution is -2.30. The van der Waals surface area contributed by atoms with Gasteiger partial charge in [0.2, 0.25) is 0 Å². The van der Waals surface area contributed by atoms with Crippen LogP contribution in [0.25, 0.3) is 0 Å². The summed E-state index contributed by atoms with van der Waals surface area (Å²) in [4.78, 5) is 20.3. The van der Waals surface area contributed by atoms with Crippen molar-refractivity contribution in [3.63, 3.8) is 0 Å². The van der Waals surface area contributed by atoms with Crippen LogP contribution in [0.2, 0.25) is 0 Å². The fraction of sp³-hybridized carbons (Fsp3) is 0.600. The molecule has 1 N–H and O–H groups in total. The molecule has 0 radical (unpaired) electrons. The van der Waals surface area contributed by atoms with Crippen molar-refractivity contribution in [1.29, 1.82) is 0 Å². The number of aromatic nitrogens is 1. The number of rotatable bonds is 8. The van der Waals surface area contributed by atoms with E-state index in [1.165, 1.54) is 0 Å². The maximum Gasteiger partial charge on any atom is 0.272 e. The van der Waals surface area contributed by atoms with E-state index in [1.54, 1.807) is 11.1 Å². The van der Waals surface area contributed by atoms with Crippen LogP contribution >= 0.6 is 0 Å². The Morgan fingerprint density at radius 1 is 1.30 bits per heavy atom. The van der Waals surface area contributed by atoms with Crippen molar-refractivity contribution in [2.45, 2.75) is 19.8 Å². The Morgan fingerprint density at radius 2 is 2.05 bits per heavy atom. The molecule has 0 atom stereocenters. The van der Waals surface area contributed by atoms with Gasteiger partial charge >= 0.3 is 0 Å². The summed E-state index contributed by atoms with van der Waals surface area (Å²) < 4.78 is 0. The van der Waals surface area contributed by atoms with Crippen LogP contribution in [0.4, 0.5) is 5.69 Å². The third-order valence-corrected chi connectivity index (χ3v) is 3.00. The number of anilines is 1. The summed E-state index contributed by atoms with van der Waals surface area (Å²) in [6.07, 6.45) is 3.69. The van der Waals surface area contributed by atoms with E-state index in [2.05, 4.69) is 22.1 Å². The lowest BCUT2D eigenvalue weighted by atomic mass is 10.2. The minimum Gasteiger partial charge on any atom is -0.385 e. The molecule has 0 unspecified atom stereocenters. The molecule has 0 aromatic carbocycles. The van der Waals surface area contributed by atoms with Crippen LogP contribution in [0.5, 0.6) is 0 Å². The first-order valence-electron chi connectivity index (χ1n) is 7.14. The van der Waals surface area contributed by atoms with Crippen LogP contribution < -0.4 is 5.32 Å². The van der Waals surface area contributed by atoms with Crippen molar-refractivity contribution in [3.05, 3.63) is 24.0 Å². The molecule has 1 rings (SSSR count). The fourth-order valence-electron chi connectivity index (χ4n) is 1.85. The molecule has 1 aromatic rings.